The summed E-state index contributed by atoms with van der Waals surface area (Å²) in [5.41, 5.74) is 0.247. The molecule has 0 radical (unpaired) electrons. The zero-order chi connectivity index (χ0) is 10.0. The molecule has 3 nitrogen and oxygen atoms in total. The van der Waals surface area contributed by atoms with Crippen LogP contribution in [0.2, 0.25) is 0 Å². The average molecular weight is 198 g/mol. The number of hydrogen-bond acceptors (Lipinski definition) is 3. The van der Waals surface area contributed by atoms with Crippen molar-refractivity contribution in [3.8, 4) is 0 Å². The minimum absolute atomic E-state index is 0.247. The van der Waals surface area contributed by atoms with Crippen LogP contribution in [0.15, 0.2) is 0 Å². The van der Waals surface area contributed by atoms with Gasteiger partial charge in [0.2, 0.25) is 0 Å². The Labute approximate surface area is 86.5 Å². The van der Waals surface area contributed by atoms with E-state index < -0.39 is 0 Å². The van der Waals surface area contributed by atoms with Crippen molar-refractivity contribution in [2.75, 3.05) is 32.8 Å². The van der Waals surface area contributed by atoms with Gasteiger partial charge in [0.15, 0.2) is 0 Å². The van der Waals surface area contributed by atoms with Gasteiger partial charge in [0.25, 0.3) is 0 Å². The largest absolute Gasteiger partial charge is 0.396 e. The van der Waals surface area contributed by atoms with Crippen LogP contribution in [-0.4, -0.2) is 48.3 Å². The van der Waals surface area contributed by atoms with Gasteiger partial charge < -0.3 is 15.3 Å². The van der Waals surface area contributed by atoms with Crippen LogP contribution in [0, 0.1) is 5.92 Å². The maximum atomic E-state index is 9.18. The zero-order valence-corrected chi connectivity index (χ0v) is 9.13. The fourth-order valence-electron chi connectivity index (χ4n) is 3.25. The SMILES string of the molecule is CCNC1(CCO)CCN2CCC1C2. The monoisotopic (exact) mass is 198 g/mol. The molecule has 2 bridgehead atoms. The lowest BCUT2D eigenvalue weighted by Gasteiger charge is -2.43. The molecule has 14 heavy (non-hydrogen) atoms. The molecule has 0 aliphatic carbocycles. The van der Waals surface area contributed by atoms with Crippen LogP contribution in [0.5, 0.6) is 0 Å². The Morgan fingerprint density at radius 1 is 1.50 bits per heavy atom. The van der Waals surface area contributed by atoms with Crippen molar-refractivity contribution in [2.45, 2.75) is 31.7 Å². The molecule has 3 unspecified atom stereocenters. The van der Waals surface area contributed by atoms with Gasteiger partial charge in [-0.25, -0.2) is 0 Å². The zero-order valence-electron chi connectivity index (χ0n) is 9.13. The van der Waals surface area contributed by atoms with E-state index in [1.807, 2.05) is 0 Å². The molecule has 2 N–H and O–H groups in total. The summed E-state index contributed by atoms with van der Waals surface area (Å²) in [4.78, 5) is 2.55. The second-order valence-corrected chi connectivity index (χ2v) is 4.70. The van der Waals surface area contributed by atoms with E-state index in [0.717, 1.165) is 18.9 Å². The topological polar surface area (TPSA) is 35.5 Å². The van der Waals surface area contributed by atoms with Crippen molar-refractivity contribution in [3.63, 3.8) is 0 Å². The summed E-state index contributed by atoms with van der Waals surface area (Å²) in [6.45, 7) is 7.24. The minimum atomic E-state index is 0.247. The third-order valence-corrected chi connectivity index (χ3v) is 4.01. The molecule has 0 saturated carbocycles. The van der Waals surface area contributed by atoms with Crippen LogP contribution in [-0.2, 0) is 0 Å². The molecule has 0 spiro atoms. The van der Waals surface area contributed by atoms with Gasteiger partial charge >= 0.3 is 0 Å². The predicted molar refractivity (Wildman–Crippen MR) is 57.3 cm³/mol. The Bertz CT molecular complexity index is 190. The first-order valence-electron chi connectivity index (χ1n) is 5.89. The number of nitrogens with one attached hydrogen (secondary N) is 1. The Morgan fingerprint density at radius 3 is 3.07 bits per heavy atom. The summed E-state index contributed by atoms with van der Waals surface area (Å²) >= 11 is 0. The molecular formula is C11H22N2O. The highest BCUT2D eigenvalue weighted by atomic mass is 16.3. The quantitative estimate of drug-likeness (QED) is 0.688. The molecule has 82 valence electrons. The van der Waals surface area contributed by atoms with Gasteiger partial charge in [-0.3, -0.25) is 0 Å². The number of aliphatic hydroxyl groups excluding tert-OH is 1. The van der Waals surface area contributed by atoms with Crippen molar-refractivity contribution in [2.24, 2.45) is 5.92 Å². The Morgan fingerprint density at radius 2 is 2.36 bits per heavy atom. The number of fused-ring (bicyclic) bond motifs is 2. The minimum Gasteiger partial charge on any atom is -0.396 e. The molecule has 0 aromatic heterocycles. The summed E-state index contributed by atoms with van der Waals surface area (Å²) in [6, 6.07) is 0. The van der Waals surface area contributed by atoms with Crippen LogP contribution >= 0.6 is 0 Å². The highest BCUT2D eigenvalue weighted by Crippen LogP contribution is 2.37. The molecule has 3 atom stereocenters. The molecule has 2 rings (SSSR count). The summed E-state index contributed by atoms with van der Waals surface area (Å²) in [5.74, 6) is 0.767. The molecule has 0 aromatic carbocycles. The number of piperidine rings is 1. The highest BCUT2D eigenvalue weighted by molar-refractivity contribution is 5.02. The first-order chi connectivity index (χ1) is 6.80. The Balaban J connectivity index is 2.08. The molecule has 2 aliphatic heterocycles. The first-order valence-corrected chi connectivity index (χ1v) is 5.89. The fraction of sp³-hybridized carbons (Fsp3) is 1.00. The lowest BCUT2D eigenvalue weighted by Crippen LogP contribution is -2.56. The van der Waals surface area contributed by atoms with E-state index in [9.17, 15) is 5.11 Å². The number of aliphatic hydroxyl groups is 1. The molecule has 0 aromatic rings. The first kappa shape index (κ1) is 10.4. The van der Waals surface area contributed by atoms with E-state index in [2.05, 4.69) is 17.1 Å². The van der Waals surface area contributed by atoms with Crippen molar-refractivity contribution < 1.29 is 5.11 Å². The van der Waals surface area contributed by atoms with Crippen molar-refractivity contribution in [1.29, 1.82) is 0 Å². The van der Waals surface area contributed by atoms with E-state index in [4.69, 9.17) is 0 Å². The highest BCUT2D eigenvalue weighted by Gasteiger charge is 2.44. The summed E-state index contributed by atoms with van der Waals surface area (Å²) in [5, 5.41) is 12.8. The summed E-state index contributed by atoms with van der Waals surface area (Å²) in [6.07, 6.45) is 3.46. The second-order valence-electron chi connectivity index (χ2n) is 4.70. The van der Waals surface area contributed by atoms with E-state index in [0.29, 0.717) is 6.61 Å². The van der Waals surface area contributed by atoms with Gasteiger partial charge in [0.1, 0.15) is 0 Å². The van der Waals surface area contributed by atoms with Gasteiger partial charge in [-0.1, -0.05) is 6.92 Å². The van der Waals surface area contributed by atoms with Crippen molar-refractivity contribution in [1.82, 2.24) is 10.2 Å². The summed E-state index contributed by atoms with van der Waals surface area (Å²) < 4.78 is 0. The lowest BCUT2D eigenvalue weighted by molar-refractivity contribution is 0.100. The van der Waals surface area contributed by atoms with Gasteiger partial charge in [0, 0.05) is 18.7 Å². The third-order valence-electron chi connectivity index (χ3n) is 4.01. The van der Waals surface area contributed by atoms with E-state index in [1.165, 1.54) is 32.5 Å². The molecule has 2 aliphatic rings. The molecule has 2 saturated heterocycles. The van der Waals surface area contributed by atoms with Crippen LogP contribution < -0.4 is 5.32 Å². The van der Waals surface area contributed by atoms with Gasteiger partial charge in [-0.05, 0) is 44.8 Å². The number of hydrogen-bond donors (Lipinski definition) is 2. The standard InChI is InChI=1S/C11H22N2O/c1-2-12-11(5-8-14)4-7-13-6-3-10(11)9-13/h10,12,14H,2-9H2,1H3. The molecule has 2 heterocycles. The fourth-order valence-corrected chi connectivity index (χ4v) is 3.25. The molecule has 2 fully saturated rings. The van der Waals surface area contributed by atoms with Crippen LogP contribution in [0.25, 0.3) is 0 Å². The van der Waals surface area contributed by atoms with E-state index in [1.54, 1.807) is 0 Å². The van der Waals surface area contributed by atoms with Crippen LogP contribution in [0.4, 0.5) is 0 Å². The summed E-state index contributed by atoms with van der Waals surface area (Å²) in [7, 11) is 0. The maximum absolute atomic E-state index is 9.18. The normalized spacial score (nSPS) is 41.6. The maximum Gasteiger partial charge on any atom is 0.0448 e. The van der Waals surface area contributed by atoms with Crippen LogP contribution in [0.1, 0.15) is 26.2 Å². The number of rotatable bonds is 4. The molecular weight excluding hydrogens is 176 g/mol. The Hall–Kier alpha value is -0.120. The average Bonchev–Trinajstić information content (AvgIpc) is 2.58. The Kier molecular flexibility index (Phi) is 3.10. The van der Waals surface area contributed by atoms with Crippen LogP contribution in [0.3, 0.4) is 0 Å². The molecule has 0 amide bonds. The van der Waals surface area contributed by atoms with Crippen molar-refractivity contribution >= 4 is 0 Å². The van der Waals surface area contributed by atoms with Gasteiger partial charge in [0.05, 0.1) is 0 Å². The molecule has 3 heteroatoms. The predicted octanol–water partition coefficient (Wildman–Crippen LogP) is 0.443. The van der Waals surface area contributed by atoms with E-state index in [-0.39, 0.29) is 5.54 Å². The smallest absolute Gasteiger partial charge is 0.0448 e. The van der Waals surface area contributed by atoms with Gasteiger partial charge in [-0.15, -0.1) is 0 Å². The third kappa shape index (κ3) is 1.69. The second kappa shape index (κ2) is 4.17. The van der Waals surface area contributed by atoms with Crippen molar-refractivity contribution in [3.05, 3.63) is 0 Å². The lowest BCUT2D eigenvalue weighted by atomic mass is 9.76. The van der Waals surface area contributed by atoms with E-state index >= 15 is 0 Å². The number of nitrogens with zero attached hydrogens (tertiary/aromatic N) is 1. The van der Waals surface area contributed by atoms with Gasteiger partial charge in [-0.2, -0.15) is 0 Å².